The molecule has 10 heteroatoms. The van der Waals surface area contributed by atoms with E-state index in [1.54, 1.807) is 4.57 Å². The van der Waals surface area contributed by atoms with Crippen molar-refractivity contribution in [2.45, 2.75) is 37.2 Å². The molecule has 0 bridgehead atoms. The van der Waals surface area contributed by atoms with Crippen LogP contribution < -0.4 is 9.46 Å². The molecule has 160 valence electrons. The van der Waals surface area contributed by atoms with Gasteiger partial charge in [0.25, 0.3) is 0 Å². The summed E-state index contributed by atoms with van der Waals surface area (Å²) in [4.78, 5) is 0.0171. The molecule has 3 rings (SSSR count). The van der Waals surface area contributed by atoms with E-state index in [4.69, 9.17) is 27.9 Å². The molecular formula is C20H22Cl2N4O3S. The van der Waals surface area contributed by atoms with Crippen LogP contribution in [0.2, 0.25) is 10.0 Å². The molecule has 0 saturated carbocycles. The summed E-state index contributed by atoms with van der Waals surface area (Å²) in [5, 5.41) is 8.73. The van der Waals surface area contributed by atoms with E-state index < -0.39 is 16.1 Å². The minimum absolute atomic E-state index is 0.0171. The molecule has 0 amide bonds. The summed E-state index contributed by atoms with van der Waals surface area (Å²) < 4.78 is 36.1. The Hall–Kier alpha value is -2.13. The van der Waals surface area contributed by atoms with Crippen molar-refractivity contribution in [2.75, 3.05) is 7.11 Å². The van der Waals surface area contributed by atoms with Gasteiger partial charge in [-0.3, -0.25) is 4.57 Å². The summed E-state index contributed by atoms with van der Waals surface area (Å²) >= 11 is 12.0. The zero-order valence-corrected chi connectivity index (χ0v) is 18.9. The molecule has 0 radical (unpaired) electrons. The van der Waals surface area contributed by atoms with E-state index in [0.29, 0.717) is 24.8 Å². The van der Waals surface area contributed by atoms with Gasteiger partial charge in [0.05, 0.1) is 28.1 Å². The van der Waals surface area contributed by atoms with Crippen molar-refractivity contribution < 1.29 is 13.2 Å². The van der Waals surface area contributed by atoms with Crippen molar-refractivity contribution in [2.24, 2.45) is 0 Å². The molecule has 2 aromatic carbocycles. The Balaban J connectivity index is 2.02. The number of sulfonamides is 1. The lowest BCUT2D eigenvalue weighted by Gasteiger charge is -2.20. The first-order valence-electron chi connectivity index (χ1n) is 9.34. The Kier molecular flexibility index (Phi) is 7.36. The second-order valence-corrected chi connectivity index (χ2v) is 9.16. The molecular weight excluding hydrogens is 447 g/mol. The van der Waals surface area contributed by atoms with Gasteiger partial charge in [0, 0.05) is 6.54 Å². The van der Waals surface area contributed by atoms with Gasteiger partial charge in [-0.1, -0.05) is 65.6 Å². The van der Waals surface area contributed by atoms with Crippen LogP contribution in [0.3, 0.4) is 0 Å². The predicted octanol–water partition coefficient (Wildman–Crippen LogP) is 4.27. The summed E-state index contributed by atoms with van der Waals surface area (Å²) in [5.74, 6) is 0.473. The van der Waals surface area contributed by atoms with E-state index in [0.717, 1.165) is 12.0 Å². The van der Waals surface area contributed by atoms with Gasteiger partial charge in [-0.05, 0) is 36.6 Å². The Morgan fingerprint density at radius 2 is 1.83 bits per heavy atom. The first-order valence-corrected chi connectivity index (χ1v) is 11.6. The highest BCUT2D eigenvalue weighted by Crippen LogP contribution is 2.27. The van der Waals surface area contributed by atoms with Crippen LogP contribution in [0.4, 0.5) is 0 Å². The van der Waals surface area contributed by atoms with E-state index in [-0.39, 0.29) is 14.9 Å². The molecule has 0 aliphatic carbocycles. The van der Waals surface area contributed by atoms with Crippen molar-refractivity contribution in [1.29, 1.82) is 0 Å². The SMILES string of the molecule is CCCn1c(OC)nnc1[C@@H](Cc1ccccc1)NS(=O)(=O)c1ccc(Cl)c(Cl)c1. The largest absolute Gasteiger partial charge is 0.467 e. The number of methoxy groups -OCH3 is 1. The normalized spacial score (nSPS) is 12.7. The Morgan fingerprint density at radius 3 is 2.47 bits per heavy atom. The molecule has 1 atom stereocenters. The molecule has 1 aromatic heterocycles. The van der Waals surface area contributed by atoms with Gasteiger partial charge >= 0.3 is 6.01 Å². The average Bonchev–Trinajstić information content (AvgIpc) is 3.13. The molecule has 30 heavy (non-hydrogen) atoms. The zero-order valence-electron chi connectivity index (χ0n) is 16.5. The van der Waals surface area contributed by atoms with Gasteiger partial charge in [0.15, 0.2) is 5.82 Å². The summed E-state index contributed by atoms with van der Waals surface area (Å²) in [6.07, 6.45) is 1.19. The molecule has 0 unspecified atom stereocenters. The predicted molar refractivity (Wildman–Crippen MR) is 117 cm³/mol. The van der Waals surface area contributed by atoms with Crippen LogP contribution in [-0.2, 0) is 23.0 Å². The number of nitrogens with one attached hydrogen (secondary N) is 1. The molecule has 0 aliphatic heterocycles. The molecule has 0 spiro atoms. The lowest BCUT2D eigenvalue weighted by atomic mass is 10.1. The lowest BCUT2D eigenvalue weighted by molar-refractivity contribution is 0.350. The first kappa shape index (κ1) is 22.6. The highest BCUT2D eigenvalue weighted by Gasteiger charge is 2.28. The third-order valence-electron chi connectivity index (χ3n) is 4.47. The fraction of sp³-hybridized carbons (Fsp3) is 0.300. The standard InChI is InChI=1S/C20H22Cl2N4O3S/c1-3-11-26-19(23-24-20(26)29-2)18(12-14-7-5-4-6-8-14)25-30(27,28)15-9-10-16(21)17(22)13-15/h4-10,13,18,25H,3,11-12H2,1-2H3/t18-/m1/s1. The van der Waals surface area contributed by atoms with Gasteiger partial charge in [-0.25, -0.2) is 13.1 Å². The van der Waals surface area contributed by atoms with Gasteiger partial charge < -0.3 is 4.74 Å². The summed E-state index contributed by atoms with van der Waals surface area (Å²) in [5.41, 5.74) is 0.948. The van der Waals surface area contributed by atoms with Crippen molar-refractivity contribution in [1.82, 2.24) is 19.5 Å². The molecule has 7 nitrogen and oxygen atoms in total. The van der Waals surface area contributed by atoms with Crippen molar-refractivity contribution in [3.05, 3.63) is 70.0 Å². The third kappa shape index (κ3) is 5.13. The maximum absolute atomic E-state index is 13.1. The van der Waals surface area contributed by atoms with E-state index in [1.807, 2.05) is 37.3 Å². The van der Waals surface area contributed by atoms with Crippen LogP contribution in [0.5, 0.6) is 6.01 Å². The van der Waals surface area contributed by atoms with E-state index >= 15 is 0 Å². The highest BCUT2D eigenvalue weighted by molar-refractivity contribution is 7.89. The minimum Gasteiger partial charge on any atom is -0.467 e. The van der Waals surface area contributed by atoms with Crippen LogP contribution in [0.15, 0.2) is 53.4 Å². The van der Waals surface area contributed by atoms with Crippen LogP contribution in [0.25, 0.3) is 0 Å². The van der Waals surface area contributed by atoms with Gasteiger partial charge in [-0.15, -0.1) is 5.10 Å². The third-order valence-corrected chi connectivity index (χ3v) is 6.68. The number of halogens is 2. The minimum atomic E-state index is -3.91. The summed E-state index contributed by atoms with van der Waals surface area (Å²) in [6, 6.07) is 13.4. The number of hydrogen-bond donors (Lipinski definition) is 1. The molecule has 1 N–H and O–H groups in total. The maximum Gasteiger partial charge on any atom is 0.316 e. The monoisotopic (exact) mass is 468 g/mol. The van der Waals surface area contributed by atoms with Crippen molar-refractivity contribution in [3.63, 3.8) is 0 Å². The van der Waals surface area contributed by atoms with Gasteiger partial charge in [-0.2, -0.15) is 0 Å². The maximum atomic E-state index is 13.1. The first-order chi connectivity index (χ1) is 14.4. The molecule has 0 fully saturated rings. The second kappa shape index (κ2) is 9.78. The van der Waals surface area contributed by atoms with Crippen molar-refractivity contribution >= 4 is 33.2 Å². The quantitative estimate of drug-likeness (QED) is 0.506. The fourth-order valence-corrected chi connectivity index (χ4v) is 4.66. The summed E-state index contributed by atoms with van der Waals surface area (Å²) in [7, 11) is -2.41. The average molecular weight is 469 g/mol. The second-order valence-electron chi connectivity index (χ2n) is 6.64. The van der Waals surface area contributed by atoms with Gasteiger partial charge in [0.1, 0.15) is 0 Å². The van der Waals surface area contributed by atoms with E-state index in [2.05, 4.69) is 14.9 Å². The molecule has 0 saturated heterocycles. The molecule has 1 heterocycles. The number of ether oxygens (including phenoxy) is 1. The molecule has 3 aromatic rings. The molecule has 0 aliphatic rings. The van der Waals surface area contributed by atoms with E-state index in [9.17, 15) is 8.42 Å². The van der Waals surface area contributed by atoms with Crippen LogP contribution in [-0.4, -0.2) is 30.3 Å². The number of rotatable bonds is 9. The zero-order chi connectivity index (χ0) is 21.7. The fourth-order valence-electron chi connectivity index (χ4n) is 3.08. The van der Waals surface area contributed by atoms with Crippen LogP contribution in [0.1, 0.15) is 30.8 Å². The number of aromatic nitrogens is 3. The van der Waals surface area contributed by atoms with E-state index in [1.165, 1.54) is 25.3 Å². The Bertz CT molecular complexity index is 1100. The number of hydrogen-bond acceptors (Lipinski definition) is 5. The van der Waals surface area contributed by atoms with Crippen LogP contribution >= 0.6 is 23.2 Å². The van der Waals surface area contributed by atoms with Crippen LogP contribution in [0, 0.1) is 0 Å². The Morgan fingerprint density at radius 1 is 1.10 bits per heavy atom. The summed E-state index contributed by atoms with van der Waals surface area (Å²) in [6.45, 7) is 2.60. The Labute approximate surface area is 186 Å². The number of nitrogens with zero attached hydrogens (tertiary/aromatic N) is 3. The van der Waals surface area contributed by atoms with Crippen molar-refractivity contribution in [3.8, 4) is 6.01 Å². The smallest absolute Gasteiger partial charge is 0.316 e. The highest BCUT2D eigenvalue weighted by atomic mass is 35.5. The number of benzene rings is 2. The lowest BCUT2D eigenvalue weighted by Crippen LogP contribution is -2.32. The topological polar surface area (TPSA) is 86.1 Å². The van der Waals surface area contributed by atoms with Gasteiger partial charge in [0.2, 0.25) is 10.0 Å².